The smallest absolute Gasteiger partial charge is 0.339 e. The molecule has 2 rings (SSSR count). The van der Waals surface area contributed by atoms with Crippen molar-refractivity contribution in [1.82, 2.24) is 0 Å². The van der Waals surface area contributed by atoms with Gasteiger partial charge in [0.2, 0.25) is 0 Å². The maximum Gasteiger partial charge on any atom is 0.339 e. The Kier molecular flexibility index (Phi) is 7.76. The molecule has 0 aliphatic carbocycles. The third-order valence-corrected chi connectivity index (χ3v) is 3.85. The molecule has 0 fully saturated rings. The molecule has 0 bridgehead atoms. The summed E-state index contributed by atoms with van der Waals surface area (Å²) in [6.45, 7) is 5.83. The van der Waals surface area contributed by atoms with Gasteiger partial charge in [-0.1, -0.05) is 27.7 Å². The van der Waals surface area contributed by atoms with Crippen molar-refractivity contribution >= 4 is 5.97 Å². The van der Waals surface area contributed by atoms with E-state index in [0.717, 1.165) is 0 Å². The van der Waals surface area contributed by atoms with Crippen LogP contribution >= 0.6 is 0 Å². The molecule has 10 heteroatoms. The summed E-state index contributed by atoms with van der Waals surface area (Å²) in [5, 5.41) is 8.64. The van der Waals surface area contributed by atoms with Crippen LogP contribution in [0.2, 0.25) is 0 Å². The van der Waals surface area contributed by atoms with Crippen molar-refractivity contribution in [3.05, 3.63) is 69.3 Å². The first kappa shape index (κ1) is 24.4. The van der Waals surface area contributed by atoms with E-state index in [2.05, 4.69) is 0 Å². The van der Waals surface area contributed by atoms with E-state index in [9.17, 15) is 39.9 Å². The van der Waals surface area contributed by atoms with Crippen LogP contribution in [0.15, 0.2) is 6.07 Å². The molecule has 0 unspecified atom stereocenters. The van der Waals surface area contributed by atoms with Crippen molar-refractivity contribution in [2.24, 2.45) is 0 Å². The van der Waals surface area contributed by atoms with Gasteiger partial charge in [-0.15, -0.1) is 0 Å². The first-order valence-electron chi connectivity index (χ1n) is 8.15. The molecule has 0 atom stereocenters. The fourth-order valence-electron chi connectivity index (χ4n) is 2.41. The quantitative estimate of drug-likeness (QED) is 0.348. The summed E-state index contributed by atoms with van der Waals surface area (Å²) in [4.78, 5) is 10.7. The highest BCUT2D eigenvalue weighted by Crippen LogP contribution is 2.29. The lowest BCUT2D eigenvalue weighted by Crippen LogP contribution is -2.14. The van der Waals surface area contributed by atoms with Gasteiger partial charge >= 0.3 is 5.97 Å². The number of rotatable bonds is 3. The monoisotopic (exact) mass is 428 g/mol. The van der Waals surface area contributed by atoms with Crippen LogP contribution < -0.4 is 0 Å². The first-order chi connectivity index (χ1) is 13.2. The van der Waals surface area contributed by atoms with Gasteiger partial charge < -0.3 is 5.11 Å². The molecular formula is C19H16F8O2. The van der Waals surface area contributed by atoms with E-state index >= 15 is 0 Å². The van der Waals surface area contributed by atoms with Gasteiger partial charge in [-0.25, -0.2) is 39.9 Å². The Morgan fingerprint density at radius 3 is 1.55 bits per heavy atom. The van der Waals surface area contributed by atoms with Crippen LogP contribution in [0.25, 0.3) is 0 Å². The van der Waals surface area contributed by atoms with E-state index in [1.807, 2.05) is 0 Å². The topological polar surface area (TPSA) is 37.3 Å². The summed E-state index contributed by atoms with van der Waals surface area (Å²) in [5.74, 6) is -16.8. The lowest BCUT2D eigenvalue weighted by molar-refractivity contribution is 0.0687. The van der Waals surface area contributed by atoms with Crippen molar-refractivity contribution in [2.45, 2.75) is 39.5 Å². The van der Waals surface area contributed by atoms with Gasteiger partial charge in [-0.3, -0.25) is 0 Å². The number of halogens is 8. The van der Waals surface area contributed by atoms with E-state index in [1.54, 1.807) is 13.8 Å². The Hall–Kier alpha value is -2.65. The molecular weight excluding hydrogens is 412 g/mol. The number of carboxylic acids is 1. The van der Waals surface area contributed by atoms with E-state index in [4.69, 9.17) is 5.11 Å². The van der Waals surface area contributed by atoms with Gasteiger partial charge in [0.05, 0.1) is 0 Å². The summed E-state index contributed by atoms with van der Waals surface area (Å²) in [5.41, 5.74) is -1.99. The van der Waals surface area contributed by atoms with Crippen molar-refractivity contribution in [3.8, 4) is 0 Å². The molecule has 0 saturated carbocycles. The highest BCUT2D eigenvalue weighted by molar-refractivity contribution is 5.90. The average Bonchev–Trinajstić information content (AvgIpc) is 2.63. The number of carboxylic acid groups (broad SMARTS) is 1. The Morgan fingerprint density at radius 2 is 1.14 bits per heavy atom. The Bertz CT molecular complexity index is 939. The zero-order valence-corrected chi connectivity index (χ0v) is 15.6. The second-order valence-corrected chi connectivity index (χ2v) is 6.55. The summed E-state index contributed by atoms with van der Waals surface area (Å²) in [6.07, 6.45) is 0. The number of aromatic carboxylic acids is 1. The maximum absolute atomic E-state index is 13.3. The van der Waals surface area contributed by atoms with Crippen LogP contribution in [0.4, 0.5) is 35.1 Å². The van der Waals surface area contributed by atoms with Crippen molar-refractivity contribution in [2.75, 3.05) is 0 Å². The fraction of sp³-hybridized carbons (Fsp3) is 0.316. The van der Waals surface area contributed by atoms with Crippen LogP contribution in [-0.2, 0) is 0 Å². The minimum Gasteiger partial charge on any atom is -0.478 e. The molecule has 0 spiro atoms. The molecule has 0 aliphatic heterocycles. The van der Waals surface area contributed by atoms with E-state index in [1.165, 1.54) is 13.8 Å². The van der Waals surface area contributed by atoms with E-state index in [-0.39, 0.29) is 11.5 Å². The van der Waals surface area contributed by atoms with E-state index in [0.29, 0.717) is 6.07 Å². The summed E-state index contributed by atoms with van der Waals surface area (Å²) in [7, 11) is 0. The number of hydrogen-bond donors (Lipinski definition) is 1. The molecule has 2 aromatic carbocycles. The predicted molar refractivity (Wildman–Crippen MR) is 87.7 cm³/mol. The highest BCUT2D eigenvalue weighted by Gasteiger charge is 2.30. The van der Waals surface area contributed by atoms with Crippen molar-refractivity contribution in [3.63, 3.8) is 0 Å². The molecule has 0 saturated heterocycles. The lowest BCUT2D eigenvalue weighted by atomic mass is 9.95. The van der Waals surface area contributed by atoms with Crippen LogP contribution in [0.1, 0.15) is 61.0 Å². The molecule has 1 N–H and O–H groups in total. The van der Waals surface area contributed by atoms with Gasteiger partial charge in [-0.05, 0) is 23.5 Å². The fourth-order valence-corrected chi connectivity index (χ4v) is 2.41. The number of benzene rings is 2. The van der Waals surface area contributed by atoms with Crippen LogP contribution in [0, 0.1) is 46.5 Å². The van der Waals surface area contributed by atoms with Crippen LogP contribution in [-0.4, -0.2) is 11.1 Å². The average molecular weight is 428 g/mol. The zero-order valence-electron chi connectivity index (χ0n) is 15.6. The minimum absolute atomic E-state index is 0.156. The predicted octanol–water partition coefficient (Wildman–Crippen LogP) is 6.43. The second-order valence-electron chi connectivity index (χ2n) is 6.55. The van der Waals surface area contributed by atoms with Crippen LogP contribution in [0.3, 0.4) is 0 Å². The first-order valence-corrected chi connectivity index (χ1v) is 8.15. The summed E-state index contributed by atoms with van der Waals surface area (Å²) < 4.78 is 103. The molecule has 2 aromatic rings. The molecule has 2 nitrogen and oxygen atoms in total. The van der Waals surface area contributed by atoms with Crippen molar-refractivity contribution in [1.29, 1.82) is 0 Å². The normalized spacial score (nSPS) is 11.0. The summed E-state index contributed by atoms with van der Waals surface area (Å²) >= 11 is 0. The number of hydrogen-bond acceptors (Lipinski definition) is 1. The molecule has 0 radical (unpaired) electrons. The third kappa shape index (κ3) is 4.86. The van der Waals surface area contributed by atoms with Gasteiger partial charge in [-0.2, -0.15) is 0 Å². The summed E-state index contributed by atoms with van der Waals surface area (Å²) in [6, 6.07) is 0.679. The van der Waals surface area contributed by atoms with Crippen molar-refractivity contribution < 1.29 is 45.0 Å². The number of carbonyl (C=O) groups is 1. The second kappa shape index (κ2) is 9.23. The van der Waals surface area contributed by atoms with Crippen LogP contribution in [0.5, 0.6) is 0 Å². The Labute approximate surface area is 160 Å². The molecule has 160 valence electrons. The lowest BCUT2D eigenvalue weighted by Gasteiger charge is -2.13. The van der Waals surface area contributed by atoms with E-state index < -0.39 is 69.6 Å². The molecule has 0 aromatic heterocycles. The van der Waals surface area contributed by atoms with Gasteiger partial charge in [0.25, 0.3) is 0 Å². The third-order valence-electron chi connectivity index (χ3n) is 3.85. The Balaban J connectivity index is 0.000000296. The van der Waals surface area contributed by atoms with Gasteiger partial charge in [0.1, 0.15) is 5.56 Å². The molecule has 29 heavy (non-hydrogen) atoms. The SMILES string of the molecule is CC(C)c1c(F)c(F)c(F)c(F)c1C(=O)O.CC(C)c1cc(F)c(F)c(F)c1F. The minimum atomic E-state index is -2.11. The maximum atomic E-state index is 13.3. The Morgan fingerprint density at radius 1 is 0.690 bits per heavy atom. The van der Waals surface area contributed by atoms with Gasteiger partial charge in [0.15, 0.2) is 46.5 Å². The van der Waals surface area contributed by atoms with Gasteiger partial charge in [0, 0.05) is 5.56 Å². The molecule has 0 heterocycles. The zero-order chi connectivity index (χ0) is 22.8. The molecule has 0 amide bonds. The molecule has 0 aliphatic rings. The largest absolute Gasteiger partial charge is 0.478 e. The standard InChI is InChI=1S/C10H8F4O2.C9H8F4/c1-3(2)4-5(10(15)16)7(12)9(14)8(13)6(4)11;1-4(2)5-3-6(10)8(12)9(13)7(5)11/h3H,1-2H3,(H,15,16);3-4H,1-2H3. The highest BCUT2D eigenvalue weighted by atomic mass is 19.2.